The Morgan fingerprint density at radius 3 is 3.00 bits per heavy atom. The highest BCUT2D eigenvalue weighted by Gasteiger charge is 2.33. The zero-order valence-corrected chi connectivity index (χ0v) is 20.1. The molecule has 8 heteroatoms. The summed E-state index contributed by atoms with van der Waals surface area (Å²) in [6, 6.07) is 11.9. The maximum atomic E-state index is 13.8. The maximum Gasteiger partial charge on any atom is 0.295 e. The number of oxazole rings is 1. The summed E-state index contributed by atoms with van der Waals surface area (Å²) < 4.78 is 5.82. The minimum absolute atomic E-state index is 0.0275. The molecule has 2 atom stereocenters. The first kappa shape index (κ1) is 21.9. The van der Waals surface area contributed by atoms with E-state index in [2.05, 4.69) is 22.2 Å². The molecule has 0 radical (unpaired) electrons. The number of halogens is 1. The van der Waals surface area contributed by atoms with Crippen molar-refractivity contribution in [1.29, 1.82) is 0 Å². The van der Waals surface area contributed by atoms with Gasteiger partial charge in [-0.05, 0) is 49.9 Å². The number of fused-ring (bicyclic) bond motifs is 1. The topological polar surface area (TPSA) is 71.3 Å². The number of nitrogens with one attached hydrogen (secondary N) is 1. The zero-order chi connectivity index (χ0) is 22.9. The van der Waals surface area contributed by atoms with Crippen LogP contribution in [0, 0.1) is 12.8 Å². The summed E-state index contributed by atoms with van der Waals surface area (Å²) >= 11 is 7.62. The lowest BCUT2D eigenvalue weighted by molar-refractivity contribution is 0.0540. The minimum Gasteiger partial charge on any atom is -0.424 e. The van der Waals surface area contributed by atoms with Crippen molar-refractivity contribution < 1.29 is 9.21 Å². The largest absolute Gasteiger partial charge is 0.424 e. The first-order valence-corrected chi connectivity index (χ1v) is 12.4. The number of hydrogen-bond donors (Lipinski definition) is 1. The highest BCUT2D eigenvalue weighted by Crippen LogP contribution is 2.32. The monoisotopic (exact) mass is 480 g/mol. The SMILES string of the molecule is Cc1ccc(-c2cncs2)c(C(=O)N2CCC[C@@H](C)[C@H]2CNc2nc3cc(Cl)ccc3o2)c1. The number of carbonyl (C=O) groups is 1. The van der Waals surface area contributed by atoms with Crippen LogP contribution in [0.3, 0.4) is 0 Å². The molecule has 5 rings (SSSR count). The quantitative estimate of drug-likeness (QED) is 0.364. The third-order valence-electron chi connectivity index (χ3n) is 6.29. The van der Waals surface area contributed by atoms with E-state index in [-0.39, 0.29) is 11.9 Å². The number of thiazole rings is 1. The fourth-order valence-electron chi connectivity index (χ4n) is 4.53. The average Bonchev–Trinajstić information content (AvgIpc) is 3.47. The van der Waals surface area contributed by atoms with Crippen LogP contribution >= 0.6 is 22.9 Å². The van der Waals surface area contributed by atoms with Gasteiger partial charge in [0.05, 0.1) is 16.4 Å². The number of aryl methyl sites for hydroxylation is 1. The van der Waals surface area contributed by atoms with Crippen LogP contribution in [-0.4, -0.2) is 39.9 Å². The van der Waals surface area contributed by atoms with Gasteiger partial charge in [0.25, 0.3) is 11.9 Å². The highest BCUT2D eigenvalue weighted by atomic mass is 35.5. The van der Waals surface area contributed by atoms with Crippen LogP contribution in [-0.2, 0) is 0 Å². The third kappa shape index (κ3) is 4.48. The Kier molecular flexibility index (Phi) is 6.08. The molecule has 0 saturated carbocycles. The predicted octanol–water partition coefficient (Wildman–Crippen LogP) is 6.27. The fraction of sp³-hybridized carbons (Fsp3) is 0.320. The number of piperidine rings is 1. The fourth-order valence-corrected chi connectivity index (χ4v) is 5.36. The Morgan fingerprint density at radius 2 is 2.18 bits per heavy atom. The van der Waals surface area contributed by atoms with Crippen LogP contribution < -0.4 is 5.32 Å². The smallest absolute Gasteiger partial charge is 0.295 e. The van der Waals surface area contributed by atoms with E-state index < -0.39 is 0 Å². The number of likely N-dealkylation sites (tertiary alicyclic amines) is 1. The molecule has 0 unspecified atom stereocenters. The number of rotatable bonds is 5. The molecule has 170 valence electrons. The predicted molar refractivity (Wildman–Crippen MR) is 133 cm³/mol. The van der Waals surface area contributed by atoms with Crippen LogP contribution in [0.2, 0.25) is 5.02 Å². The Hall–Kier alpha value is -2.90. The second-order valence-electron chi connectivity index (χ2n) is 8.61. The molecule has 0 bridgehead atoms. The van der Waals surface area contributed by atoms with Gasteiger partial charge in [-0.25, -0.2) is 0 Å². The lowest BCUT2D eigenvalue weighted by atomic mass is 9.89. The first-order valence-electron chi connectivity index (χ1n) is 11.1. The number of benzene rings is 2. The van der Waals surface area contributed by atoms with Gasteiger partial charge in [0.15, 0.2) is 5.58 Å². The van der Waals surface area contributed by atoms with Crippen molar-refractivity contribution in [3.63, 3.8) is 0 Å². The zero-order valence-electron chi connectivity index (χ0n) is 18.5. The van der Waals surface area contributed by atoms with Crippen LogP contribution in [0.1, 0.15) is 35.7 Å². The molecular formula is C25H25ClN4O2S. The van der Waals surface area contributed by atoms with Gasteiger partial charge in [-0.1, -0.05) is 36.2 Å². The molecule has 1 aliphatic heterocycles. The molecular weight excluding hydrogens is 456 g/mol. The lowest BCUT2D eigenvalue weighted by Crippen LogP contribution is -2.51. The van der Waals surface area contributed by atoms with Crippen LogP contribution in [0.15, 0.2) is 52.5 Å². The standard InChI is InChI=1S/C25H25ClN4O2S/c1-15-5-7-18(23-13-27-14-33-23)19(10-15)24(31)30-9-3-4-16(2)21(30)12-28-25-29-20-11-17(26)6-8-22(20)32-25/h5-8,10-11,13-14,16,21H,3-4,9,12H2,1-2H3,(H,28,29)/t16-,21-/m1/s1. The Labute approximate surface area is 201 Å². The number of aromatic nitrogens is 2. The number of anilines is 1. The van der Waals surface area contributed by atoms with Gasteiger partial charge in [-0.15, -0.1) is 11.3 Å². The molecule has 33 heavy (non-hydrogen) atoms. The molecule has 1 fully saturated rings. The molecule has 4 aromatic rings. The normalized spacial score (nSPS) is 18.6. The van der Waals surface area contributed by atoms with E-state index in [1.165, 1.54) is 0 Å². The van der Waals surface area contributed by atoms with Crippen molar-refractivity contribution in [2.75, 3.05) is 18.4 Å². The minimum atomic E-state index is 0.0275. The molecule has 0 spiro atoms. The van der Waals surface area contributed by atoms with E-state index in [1.54, 1.807) is 29.0 Å². The summed E-state index contributed by atoms with van der Waals surface area (Å²) in [5.41, 5.74) is 5.93. The Morgan fingerprint density at radius 1 is 1.30 bits per heavy atom. The van der Waals surface area contributed by atoms with Crippen molar-refractivity contribution >= 4 is 46.0 Å². The van der Waals surface area contributed by atoms with E-state index >= 15 is 0 Å². The summed E-state index contributed by atoms with van der Waals surface area (Å²) in [6.45, 7) is 5.52. The lowest BCUT2D eigenvalue weighted by Gasteiger charge is -2.40. The van der Waals surface area contributed by atoms with E-state index in [0.29, 0.717) is 34.6 Å². The second-order valence-corrected chi connectivity index (χ2v) is 9.93. The molecule has 2 aromatic carbocycles. The van der Waals surface area contributed by atoms with Crippen molar-refractivity contribution in [3.05, 3.63) is 64.3 Å². The summed E-state index contributed by atoms with van der Waals surface area (Å²) in [5, 5.41) is 3.94. The second kappa shape index (κ2) is 9.15. The van der Waals surface area contributed by atoms with Crippen LogP contribution in [0.5, 0.6) is 0 Å². The molecule has 1 saturated heterocycles. The Balaban J connectivity index is 1.40. The van der Waals surface area contributed by atoms with E-state index in [1.807, 2.05) is 42.3 Å². The van der Waals surface area contributed by atoms with Gasteiger partial charge in [-0.3, -0.25) is 9.78 Å². The van der Waals surface area contributed by atoms with Crippen molar-refractivity contribution in [3.8, 4) is 10.4 Å². The molecule has 1 amide bonds. The molecule has 3 heterocycles. The van der Waals surface area contributed by atoms with Gasteiger partial charge in [0.1, 0.15) is 5.52 Å². The summed E-state index contributed by atoms with van der Waals surface area (Å²) in [7, 11) is 0. The van der Waals surface area contributed by atoms with Gasteiger partial charge in [0, 0.05) is 35.4 Å². The number of carbonyl (C=O) groups excluding carboxylic acids is 1. The van der Waals surface area contributed by atoms with Crippen molar-refractivity contribution in [2.45, 2.75) is 32.7 Å². The third-order valence-corrected chi connectivity index (χ3v) is 7.33. The van der Waals surface area contributed by atoms with Gasteiger partial charge < -0.3 is 14.6 Å². The van der Waals surface area contributed by atoms with Crippen LogP contribution in [0.4, 0.5) is 6.01 Å². The molecule has 0 aliphatic carbocycles. The maximum absolute atomic E-state index is 13.8. The average molecular weight is 481 g/mol. The van der Waals surface area contributed by atoms with Crippen molar-refractivity contribution in [1.82, 2.24) is 14.9 Å². The Bertz CT molecular complexity index is 1290. The molecule has 1 aliphatic rings. The molecule has 2 aromatic heterocycles. The summed E-state index contributed by atoms with van der Waals surface area (Å²) in [4.78, 5) is 25.6. The van der Waals surface area contributed by atoms with Crippen LogP contribution in [0.25, 0.3) is 21.5 Å². The van der Waals surface area contributed by atoms with Crippen molar-refractivity contribution in [2.24, 2.45) is 5.92 Å². The van der Waals surface area contributed by atoms with Gasteiger partial charge in [-0.2, -0.15) is 4.98 Å². The van der Waals surface area contributed by atoms with E-state index in [4.69, 9.17) is 16.0 Å². The molecule has 1 N–H and O–H groups in total. The summed E-state index contributed by atoms with van der Waals surface area (Å²) in [5.74, 6) is 0.412. The first-order chi connectivity index (χ1) is 16.0. The summed E-state index contributed by atoms with van der Waals surface area (Å²) in [6.07, 6.45) is 3.89. The number of amides is 1. The van der Waals surface area contributed by atoms with Gasteiger partial charge >= 0.3 is 0 Å². The molecule has 6 nitrogen and oxygen atoms in total. The highest BCUT2D eigenvalue weighted by molar-refractivity contribution is 7.13. The number of hydrogen-bond acceptors (Lipinski definition) is 6. The van der Waals surface area contributed by atoms with E-state index in [0.717, 1.165) is 41.0 Å². The van der Waals surface area contributed by atoms with E-state index in [9.17, 15) is 4.79 Å². The number of nitrogens with zero attached hydrogens (tertiary/aromatic N) is 3. The van der Waals surface area contributed by atoms with Gasteiger partial charge in [0.2, 0.25) is 0 Å².